The molecule has 0 saturated heterocycles. The summed E-state index contributed by atoms with van der Waals surface area (Å²) in [6, 6.07) is 12.1. The molecule has 22 heavy (non-hydrogen) atoms. The second kappa shape index (κ2) is 7.01. The van der Waals surface area contributed by atoms with Crippen LogP contribution in [0, 0.1) is 5.92 Å². The molecule has 118 valence electrons. The molecule has 0 aliphatic carbocycles. The monoisotopic (exact) mass is 321 g/mol. The molecule has 0 spiro atoms. The van der Waals surface area contributed by atoms with Gasteiger partial charge in [0.05, 0.1) is 11.1 Å². The van der Waals surface area contributed by atoms with Crippen molar-refractivity contribution in [2.24, 2.45) is 11.7 Å². The van der Waals surface area contributed by atoms with Crippen molar-refractivity contribution >= 4 is 11.6 Å². The van der Waals surface area contributed by atoms with Gasteiger partial charge in [0, 0.05) is 6.04 Å². The van der Waals surface area contributed by atoms with Crippen LogP contribution < -0.4 is 5.73 Å². The molecule has 0 amide bonds. The molecule has 0 bridgehead atoms. The summed E-state index contributed by atoms with van der Waals surface area (Å²) in [6.07, 6.45) is -0.251. The lowest BCUT2D eigenvalue weighted by atomic mass is 9.88. The highest BCUT2D eigenvalue weighted by atomic mass is 35.5. The Kier molecular flexibility index (Phi) is 5.29. The minimum Gasteiger partial charge on any atom is -0.504 e. The Morgan fingerprint density at radius 1 is 1.14 bits per heavy atom. The van der Waals surface area contributed by atoms with E-state index in [1.54, 1.807) is 0 Å². The molecule has 4 nitrogen and oxygen atoms in total. The summed E-state index contributed by atoms with van der Waals surface area (Å²) in [5, 5.41) is 29.4. The van der Waals surface area contributed by atoms with Gasteiger partial charge in [-0.25, -0.2) is 0 Å². The minimum absolute atomic E-state index is 0.0167. The second-order valence-corrected chi connectivity index (χ2v) is 5.97. The van der Waals surface area contributed by atoms with Gasteiger partial charge in [0.1, 0.15) is 0 Å². The number of aromatic hydroxyl groups is 2. The van der Waals surface area contributed by atoms with Gasteiger partial charge < -0.3 is 21.1 Å². The molecule has 0 fully saturated rings. The summed E-state index contributed by atoms with van der Waals surface area (Å²) in [5.74, 6) is -0.750. The van der Waals surface area contributed by atoms with Gasteiger partial charge in [0.15, 0.2) is 11.5 Å². The zero-order chi connectivity index (χ0) is 16.3. The van der Waals surface area contributed by atoms with Crippen molar-refractivity contribution in [3.63, 3.8) is 0 Å². The first kappa shape index (κ1) is 16.6. The molecule has 3 atom stereocenters. The normalized spacial score (nSPS) is 15.3. The van der Waals surface area contributed by atoms with Crippen LogP contribution in [0.5, 0.6) is 11.5 Å². The predicted octanol–water partition coefficient (Wildman–Crippen LogP) is 2.99. The third-order valence-electron chi connectivity index (χ3n) is 3.83. The Morgan fingerprint density at radius 3 is 2.36 bits per heavy atom. The van der Waals surface area contributed by atoms with E-state index in [2.05, 4.69) is 0 Å². The van der Waals surface area contributed by atoms with Crippen molar-refractivity contribution in [1.29, 1.82) is 0 Å². The molecule has 2 rings (SSSR count). The summed E-state index contributed by atoms with van der Waals surface area (Å²) in [6.45, 7) is 1.96. The molecular formula is C17H20ClNO3. The summed E-state index contributed by atoms with van der Waals surface area (Å²) in [4.78, 5) is 0. The molecule has 0 aliphatic heterocycles. The largest absolute Gasteiger partial charge is 0.504 e. The summed E-state index contributed by atoms with van der Waals surface area (Å²) < 4.78 is 0. The fourth-order valence-corrected chi connectivity index (χ4v) is 2.65. The Balaban J connectivity index is 2.13. The average molecular weight is 322 g/mol. The standard InChI is InChI=1S/C17H20ClNO3/c1-10(7-11-5-3-2-4-6-11)15(19)16(21)12-8-13(18)17(22)14(20)9-12/h2-6,8-10,15-16,20-22H,7,19H2,1H3. The first-order valence-electron chi connectivity index (χ1n) is 7.09. The molecule has 0 heterocycles. The van der Waals surface area contributed by atoms with E-state index >= 15 is 0 Å². The molecule has 0 aliphatic rings. The lowest BCUT2D eigenvalue weighted by Crippen LogP contribution is -2.36. The number of rotatable bonds is 5. The molecule has 0 saturated carbocycles. The van der Waals surface area contributed by atoms with Gasteiger partial charge in [-0.2, -0.15) is 0 Å². The predicted molar refractivity (Wildman–Crippen MR) is 87.0 cm³/mol. The summed E-state index contributed by atoms with van der Waals surface area (Å²) in [5.41, 5.74) is 7.67. The minimum atomic E-state index is -0.984. The van der Waals surface area contributed by atoms with E-state index < -0.39 is 17.9 Å². The van der Waals surface area contributed by atoms with Crippen molar-refractivity contribution in [1.82, 2.24) is 0 Å². The number of benzene rings is 2. The first-order chi connectivity index (χ1) is 10.4. The van der Waals surface area contributed by atoms with Crippen LogP contribution in [0.15, 0.2) is 42.5 Å². The van der Waals surface area contributed by atoms with Gasteiger partial charge in [-0.05, 0) is 35.6 Å². The third kappa shape index (κ3) is 3.71. The number of phenolic OH excluding ortho intramolecular Hbond substituents is 2. The van der Waals surface area contributed by atoms with Crippen molar-refractivity contribution in [2.45, 2.75) is 25.5 Å². The maximum Gasteiger partial charge on any atom is 0.176 e. The van der Waals surface area contributed by atoms with E-state index in [0.29, 0.717) is 5.56 Å². The Morgan fingerprint density at radius 2 is 1.77 bits per heavy atom. The zero-order valence-corrected chi connectivity index (χ0v) is 13.0. The van der Waals surface area contributed by atoms with Crippen LogP contribution in [-0.4, -0.2) is 21.4 Å². The quantitative estimate of drug-likeness (QED) is 0.638. The third-order valence-corrected chi connectivity index (χ3v) is 4.12. The molecule has 0 aromatic heterocycles. The van der Waals surface area contributed by atoms with Crippen LogP contribution in [0.3, 0.4) is 0 Å². The number of hydrogen-bond acceptors (Lipinski definition) is 4. The maximum absolute atomic E-state index is 10.4. The fourth-order valence-electron chi connectivity index (χ4n) is 2.43. The van der Waals surface area contributed by atoms with Crippen molar-refractivity contribution in [3.05, 3.63) is 58.6 Å². The van der Waals surface area contributed by atoms with E-state index in [9.17, 15) is 15.3 Å². The van der Waals surface area contributed by atoms with Crippen LogP contribution in [0.1, 0.15) is 24.2 Å². The highest BCUT2D eigenvalue weighted by Gasteiger charge is 2.24. The molecule has 3 unspecified atom stereocenters. The zero-order valence-electron chi connectivity index (χ0n) is 12.3. The van der Waals surface area contributed by atoms with Crippen LogP contribution in [0.2, 0.25) is 5.02 Å². The highest BCUT2D eigenvalue weighted by molar-refractivity contribution is 6.32. The number of hydrogen-bond donors (Lipinski definition) is 4. The van der Waals surface area contributed by atoms with Crippen molar-refractivity contribution in [2.75, 3.05) is 0 Å². The van der Waals surface area contributed by atoms with Gasteiger partial charge in [0.2, 0.25) is 0 Å². The van der Waals surface area contributed by atoms with Crippen LogP contribution >= 0.6 is 11.6 Å². The Bertz CT molecular complexity index is 610. The van der Waals surface area contributed by atoms with Crippen molar-refractivity contribution < 1.29 is 15.3 Å². The molecule has 0 radical (unpaired) electrons. The number of aliphatic hydroxyl groups excluding tert-OH is 1. The highest BCUT2D eigenvalue weighted by Crippen LogP contribution is 2.37. The number of nitrogens with two attached hydrogens (primary N) is 1. The van der Waals surface area contributed by atoms with Crippen LogP contribution in [-0.2, 0) is 6.42 Å². The SMILES string of the molecule is CC(Cc1ccccc1)C(N)C(O)c1cc(O)c(O)c(Cl)c1. The summed E-state index contributed by atoms with van der Waals surface area (Å²) >= 11 is 5.82. The molecule has 5 N–H and O–H groups in total. The smallest absolute Gasteiger partial charge is 0.176 e. The molecule has 2 aromatic carbocycles. The molecular weight excluding hydrogens is 302 g/mol. The van der Waals surface area contributed by atoms with Gasteiger partial charge in [-0.3, -0.25) is 0 Å². The van der Waals surface area contributed by atoms with E-state index in [4.69, 9.17) is 17.3 Å². The van der Waals surface area contributed by atoms with E-state index in [1.807, 2.05) is 37.3 Å². The topological polar surface area (TPSA) is 86.7 Å². The second-order valence-electron chi connectivity index (χ2n) is 5.56. The molecule has 5 heteroatoms. The Hall–Kier alpha value is -1.75. The van der Waals surface area contributed by atoms with Crippen LogP contribution in [0.25, 0.3) is 0 Å². The fraction of sp³-hybridized carbons (Fsp3) is 0.294. The average Bonchev–Trinajstić information content (AvgIpc) is 2.51. The van der Waals surface area contributed by atoms with Gasteiger partial charge in [-0.1, -0.05) is 48.9 Å². The Labute approximate surface area is 134 Å². The number of halogens is 1. The van der Waals surface area contributed by atoms with Gasteiger partial charge in [-0.15, -0.1) is 0 Å². The van der Waals surface area contributed by atoms with E-state index in [-0.39, 0.29) is 16.7 Å². The first-order valence-corrected chi connectivity index (χ1v) is 7.47. The lowest BCUT2D eigenvalue weighted by molar-refractivity contribution is 0.121. The molecule has 2 aromatic rings. The maximum atomic E-state index is 10.4. The number of phenols is 2. The number of aliphatic hydroxyl groups is 1. The summed E-state index contributed by atoms with van der Waals surface area (Å²) in [7, 11) is 0. The van der Waals surface area contributed by atoms with Gasteiger partial charge >= 0.3 is 0 Å². The van der Waals surface area contributed by atoms with Crippen LogP contribution in [0.4, 0.5) is 0 Å². The lowest BCUT2D eigenvalue weighted by Gasteiger charge is -2.25. The van der Waals surface area contributed by atoms with Crippen molar-refractivity contribution in [3.8, 4) is 11.5 Å². The van der Waals surface area contributed by atoms with E-state index in [1.165, 1.54) is 12.1 Å². The van der Waals surface area contributed by atoms with Gasteiger partial charge in [0.25, 0.3) is 0 Å². The van der Waals surface area contributed by atoms with E-state index in [0.717, 1.165) is 12.0 Å².